The van der Waals surface area contributed by atoms with Crippen LogP contribution >= 0.6 is 15.9 Å². The number of para-hydroxylation sites is 2. The molecule has 5 heteroatoms. The Balaban J connectivity index is 1.60. The van der Waals surface area contributed by atoms with Crippen molar-refractivity contribution in [2.24, 2.45) is 5.41 Å². The van der Waals surface area contributed by atoms with Crippen molar-refractivity contribution in [3.63, 3.8) is 0 Å². The molecule has 3 aromatic rings. The first kappa shape index (κ1) is 19.2. The zero-order valence-electron chi connectivity index (χ0n) is 17.0. The molecule has 0 bridgehead atoms. The first-order chi connectivity index (χ1) is 14.4. The lowest BCUT2D eigenvalue weighted by atomic mass is 9.74. The van der Waals surface area contributed by atoms with Gasteiger partial charge in [-0.2, -0.15) is 0 Å². The maximum atomic E-state index is 13.3. The van der Waals surface area contributed by atoms with Gasteiger partial charge in [0.05, 0.1) is 11.4 Å². The van der Waals surface area contributed by atoms with Crippen molar-refractivity contribution >= 4 is 33.1 Å². The van der Waals surface area contributed by atoms with Gasteiger partial charge in [-0.25, -0.2) is 0 Å². The minimum absolute atomic E-state index is 0.0709. The average molecular weight is 463 g/mol. The first-order valence-electron chi connectivity index (χ1n) is 10.1. The number of anilines is 2. The smallest absolute Gasteiger partial charge is 0.163 e. The maximum absolute atomic E-state index is 13.3. The van der Waals surface area contributed by atoms with E-state index in [2.05, 4.69) is 40.4 Å². The Morgan fingerprint density at radius 1 is 0.967 bits per heavy atom. The molecule has 0 unspecified atom stereocenters. The Morgan fingerprint density at radius 2 is 1.70 bits per heavy atom. The number of furan rings is 1. The lowest BCUT2D eigenvalue weighted by Crippen LogP contribution is -2.31. The molecule has 2 heterocycles. The number of hydrogen-bond acceptors (Lipinski definition) is 4. The molecule has 0 saturated heterocycles. The monoisotopic (exact) mass is 462 g/mol. The van der Waals surface area contributed by atoms with Crippen LogP contribution in [0.5, 0.6) is 0 Å². The number of carbonyl (C=O) groups is 1. The number of fused-ring (bicyclic) bond motifs is 1. The molecular formula is C25H23BrN2O2. The first-order valence-corrected chi connectivity index (χ1v) is 10.9. The predicted molar refractivity (Wildman–Crippen MR) is 123 cm³/mol. The number of nitrogens with one attached hydrogen (secondary N) is 2. The predicted octanol–water partition coefficient (Wildman–Crippen LogP) is 6.93. The van der Waals surface area contributed by atoms with Gasteiger partial charge in [-0.1, -0.05) is 54.0 Å². The number of allylic oxidation sites excluding steroid dienone is 1. The van der Waals surface area contributed by atoms with E-state index in [-0.39, 0.29) is 17.2 Å². The molecule has 152 valence electrons. The molecule has 2 aromatic carbocycles. The molecule has 0 saturated carbocycles. The minimum atomic E-state index is -0.330. The van der Waals surface area contributed by atoms with Gasteiger partial charge in [0.1, 0.15) is 17.6 Å². The fourth-order valence-corrected chi connectivity index (χ4v) is 4.64. The molecule has 5 rings (SSSR count). The number of Topliss-reactive ketones (excluding diaryl/α,β-unsaturated/α-hetero) is 1. The van der Waals surface area contributed by atoms with Crippen LogP contribution in [0.2, 0.25) is 0 Å². The largest absolute Gasteiger partial charge is 0.459 e. The highest BCUT2D eigenvalue weighted by molar-refractivity contribution is 9.10. The van der Waals surface area contributed by atoms with Crippen LogP contribution in [0.4, 0.5) is 11.4 Å². The second-order valence-corrected chi connectivity index (χ2v) is 9.71. The third-order valence-electron chi connectivity index (χ3n) is 5.76. The van der Waals surface area contributed by atoms with E-state index < -0.39 is 0 Å². The molecule has 1 aromatic heterocycles. The van der Waals surface area contributed by atoms with Crippen LogP contribution in [-0.4, -0.2) is 5.78 Å². The normalized spacial score (nSPS) is 20.0. The van der Waals surface area contributed by atoms with E-state index in [1.165, 1.54) is 0 Å². The zero-order valence-corrected chi connectivity index (χ0v) is 18.5. The zero-order chi connectivity index (χ0) is 20.9. The summed E-state index contributed by atoms with van der Waals surface area (Å²) >= 11 is 3.47. The van der Waals surface area contributed by atoms with Crippen molar-refractivity contribution in [3.8, 4) is 11.3 Å². The molecule has 2 N–H and O–H groups in total. The van der Waals surface area contributed by atoms with Gasteiger partial charge in [0.15, 0.2) is 5.78 Å². The average Bonchev–Trinajstić information content (AvgIpc) is 3.11. The van der Waals surface area contributed by atoms with E-state index in [0.29, 0.717) is 6.42 Å². The molecule has 1 atom stereocenters. The Hall–Kier alpha value is -2.79. The van der Waals surface area contributed by atoms with Crippen LogP contribution in [0.3, 0.4) is 0 Å². The Morgan fingerprint density at radius 3 is 2.47 bits per heavy atom. The molecule has 1 aliphatic heterocycles. The maximum Gasteiger partial charge on any atom is 0.163 e. The van der Waals surface area contributed by atoms with Gasteiger partial charge in [-0.15, -0.1) is 0 Å². The van der Waals surface area contributed by atoms with E-state index in [1.54, 1.807) is 0 Å². The summed E-state index contributed by atoms with van der Waals surface area (Å²) < 4.78 is 7.30. The summed E-state index contributed by atoms with van der Waals surface area (Å²) in [4.78, 5) is 13.3. The minimum Gasteiger partial charge on any atom is -0.459 e. The SMILES string of the molecule is CC1(C)CC(=O)C2=C(C1)Nc1ccccc1N[C@@H]2c1ccc(-c2ccc(Br)cc2)o1. The molecule has 30 heavy (non-hydrogen) atoms. The highest BCUT2D eigenvalue weighted by Crippen LogP contribution is 2.46. The van der Waals surface area contributed by atoms with E-state index >= 15 is 0 Å². The molecule has 0 fully saturated rings. The number of hydrogen-bond donors (Lipinski definition) is 2. The molecule has 0 spiro atoms. The van der Waals surface area contributed by atoms with Gasteiger partial charge in [0.2, 0.25) is 0 Å². The summed E-state index contributed by atoms with van der Waals surface area (Å²) in [7, 11) is 0. The number of benzene rings is 2. The second kappa shape index (κ2) is 7.17. The fourth-order valence-electron chi connectivity index (χ4n) is 4.38. The van der Waals surface area contributed by atoms with Crippen LogP contribution < -0.4 is 10.6 Å². The van der Waals surface area contributed by atoms with Gasteiger partial charge in [-0.05, 0) is 48.2 Å². The van der Waals surface area contributed by atoms with E-state index in [9.17, 15) is 4.79 Å². The topological polar surface area (TPSA) is 54.3 Å². The number of rotatable bonds is 2. The quantitative estimate of drug-likeness (QED) is 0.433. The van der Waals surface area contributed by atoms with Crippen LogP contribution in [0.15, 0.2) is 80.8 Å². The molecule has 0 amide bonds. The van der Waals surface area contributed by atoms with Crippen LogP contribution in [0.1, 0.15) is 38.5 Å². The lowest BCUT2D eigenvalue weighted by molar-refractivity contribution is -0.118. The molecule has 4 nitrogen and oxygen atoms in total. The molecular weight excluding hydrogens is 440 g/mol. The number of carbonyl (C=O) groups excluding carboxylic acids is 1. The summed E-state index contributed by atoms with van der Waals surface area (Å²) in [6, 6.07) is 19.7. The summed E-state index contributed by atoms with van der Waals surface area (Å²) in [5.41, 5.74) is 4.64. The fraction of sp³-hybridized carbons (Fsp3) is 0.240. The standard InChI is InChI=1S/C25H23BrN2O2/c1-25(2)13-19-23(20(29)14-25)24(28-18-6-4-3-5-17(18)27-19)22-12-11-21(30-22)15-7-9-16(26)10-8-15/h3-12,24,27-28H,13-14H2,1-2H3/t24-/m1/s1. The highest BCUT2D eigenvalue weighted by atomic mass is 79.9. The van der Waals surface area contributed by atoms with Gasteiger partial charge in [0.25, 0.3) is 0 Å². The van der Waals surface area contributed by atoms with Crippen LogP contribution in [0.25, 0.3) is 11.3 Å². The van der Waals surface area contributed by atoms with E-state index in [0.717, 1.165) is 50.6 Å². The lowest BCUT2D eigenvalue weighted by Gasteiger charge is -2.33. The van der Waals surface area contributed by atoms with Gasteiger partial charge in [-0.3, -0.25) is 4.79 Å². The highest BCUT2D eigenvalue weighted by Gasteiger charge is 2.39. The summed E-state index contributed by atoms with van der Waals surface area (Å²) in [5, 5.41) is 7.11. The van der Waals surface area contributed by atoms with Crippen molar-refractivity contribution in [1.82, 2.24) is 0 Å². The second-order valence-electron chi connectivity index (χ2n) is 8.79. The summed E-state index contributed by atoms with van der Waals surface area (Å²) in [6.45, 7) is 4.29. The third kappa shape index (κ3) is 3.47. The summed E-state index contributed by atoms with van der Waals surface area (Å²) in [5.74, 6) is 1.70. The third-order valence-corrected chi connectivity index (χ3v) is 6.29. The molecule has 0 radical (unpaired) electrons. The van der Waals surface area contributed by atoms with Gasteiger partial charge >= 0.3 is 0 Å². The van der Waals surface area contributed by atoms with Crippen LogP contribution in [-0.2, 0) is 4.79 Å². The number of halogens is 1. The van der Waals surface area contributed by atoms with E-state index in [4.69, 9.17) is 4.42 Å². The molecule has 1 aliphatic carbocycles. The summed E-state index contributed by atoms with van der Waals surface area (Å²) in [6.07, 6.45) is 1.35. The van der Waals surface area contributed by atoms with Crippen molar-refractivity contribution in [2.45, 2.75) is 32.7 Å². The van der Waals surface area contributed by atoms with Crippen molar-refractivity contribution in [1.29, 1.82) is 0 Å². The van der Waals surface area contributed by atoms with Gasteiger partial charge < -0.3 is 15.1 Å². The number of ketones is 1. The van der Waals surface area contributed by atoms with E-state index in [1.807, 2.05) is 60.7 Å². The van der Waals surface area contributed by atoms with Crippen molar-refractivity contribution in [2.75, 3.05) is 10.6 Å². The van der Waals surface area contributed by atoms with Crippen molar-refractivity contribution < 1.29 is 9.21 Å². The Labute approximate surface area is 184 Å². The Kier molecular flexibility index (Phi) is 4.58. The Bertz CT molecular complexity index is 1160. The van der Waals surface area contributed by atoms with Crippen molar-refractivity contribution in [3.05, 3.63) is 82.2 Å². The van der Waals surface area contributed by atoms with Crippen LogP contribution in [0, 0.1) is 5.41 Å². The van der Waals surface area contributed by atoms with Gasteiger partial charge in [0, 0.05) is 27.7 Å². The molecule has 2 aliphatic rings.